The van der Waals surface area contributed by atoms with Crippen molar-refractivity contribution >= 4 is 17.0 Å². The van der Waals surface area contributed by atoms with Gasteiger partial charge in [0.05, 0.1) is 5.71 Å². The minimum Gasteiger partial charge on any atom is -0.276 e. The summed E-state index contributed by atoms with van der Waals surface area (Å²) in [4.78, 5) is 14.0. The van der Waals surface area contributed by atoms with Crippen LogP contribution in [0.15, 0.2) is 47.7 Å². The van der Waals surface area contributed by atoms with E-state index >= 15 is 0 Å². The van der Waals surface area contributed by atoms with Crippen LogP contribution < -0.4 is 0 Å². The third-order valence-corrected chi connectivity index (χ3v) is 6.82. The Kier molecular flexibility index (Phi) is 6.28. The smallest absolute Gasteiger partial charge is 0.160 e. The van der Waals surface area contributed by atoms with E-state index < -0.39 is 0 Å². The first-order chi connectivity index (χ1) is 15.4. The summed E-state index contributed by atoms with van der Waals surface area (Å²) in [7, 11) is 0. The van der Waals surface area contributed by atoms with Gasteiger partial charge in [0.1, 0.15) is 23.2 Å². The molecule has 1 aliphatic heterocycles. The standard InChI is InChI=1S/C20H22N4S.C5H6N2/c1-11(2)15-6-8-16(9-7-15)19-18-12(3)13(4)25-20(18)24-14(5)22-23-17(24)10-21-19;1-5-6-3-2-4-7-5/h6-9,11H,10H2,1-5H3;2-4H,1H3. The Morgan fingerprint density at radius 2 is 1.62 bits per heavy atom. The van der Waals surface area contributed by atoms with Gasteiger partial charge in [-0.05, 0) is 50.8 Å². The zero-order chi connectivity index (χ0) is 22.8. The van der Waals surface area contributed by atoms with Crippen molar-refractivity contribution < 1.29 is 0 Å². The van der Waals surface area contributed by atoms with Crippen molar-refractivity contribution in [3.05, 3.63) is 87.3 Å². The van der Waals surface area contributed by atoms with E-state index in [1.165, 1.54) is 32.1 Å². The van der Waals surface area contributed by atoms with Gasteiger partial charge in [0.15, 0.2) is 5.82 Å². The van der Waals surface area contributed by atoms with Crippen LogP contribution in [0.4, 0.5) is 0 Å². The summed E-state index contributed by atoms with van der Waals surface area (Å²) in [5.74, 6) is 3.19. The largest absolute Gasteiger partial charge is 0.276 e. The first-order valence-electron chi connectivity index (χ1n) is 10.8. The fraction of sp³-hybridized carbons (Fsp3) is 0.320. The van der Waals surface area contributed by atoms with E-state index in [1.807, 2.05) is 13.8 Å². The highest BCUT2D eigenvalue weighted by atomic mass is 32.1. The summed E-state index contributed by atoms with van der Waals surface area (Å²) < 4.78 is 2.17. The fourth-order valence-electron chi connectivity index (χ4n) is 3.68. The second-order valence-corrected chi connectivity index (χ2v) is 9.40. The van der Waals surface area contributed by atoms with Crippen LogP contribution in [-0.4, -0.2) is 30.4 Å². The minimum atomic E-state index is 0.532. The molecule has 4 aromatic rings. The number of hydrogen-bond acceptors (Lipinski definition) is 6. The Hall–Kier alpha value is -3.19. The zero-order valence-corrected chi connectivity index (χ0v) is 20.2. The fourth-order valence-corrected chi connectivity index (χ4v) is 4.91. The molecule has 0 spiro atoms. The first-order valence-corrected chi connectivity index (χ1v) is 11.6. The maximum absolute atomic E-state index is 4.94. The molecule has 0 atom stereocenters. The van der Waals surface area contributed by atoms with Gasteiger partial charge < -0.3 is 0 Å². The van der Waals surface area contributed by atoms with Crippen LogP contribution in [0, 0.1) is 27.7 Å². The van der Waals surface area contributed by atoms with Crippen LogP contribution in [0.1, 0.15) is 64.4 Å². The van der Waals surface area contributed by atoms with Gasteiger partial charge in [-0.2, -0.15) is 0 Å². The van der Waals surface area contributed by atoms with Gasteiger partial charge in [-0.3, -0.25) is 9.56 Å². The highest BCUT2D eigenvalue weighted by Gasteiger charge is 2.26. The Bertz CT molecular complexity index is 1250. The molecule has 0 N–H and O–H groups in total. The lowest BCUT2D eigenvalue weighted by atomic mass is 9.96. The van der Waals surface area contributed by atoms with E-state index in [1.54, 1.807) is 29.8 Å². The molecule has 0 amide bonds. The molecule has 0 bridgehead atoms. The number of rotatable bonds is 2. The summed E-state index contributed by atoms with van der Waals surface area (Å²) in [6.45, 7) is 13.2. The number of aromatic nitrogens is 5. The average molecular weight is 445 g/mol. The molecular weight excluding hydrogens is 416 g/mol. The molecule has 7 heteroatoms. The third-order valence-electron chi connectivity index (χ3n) is 5.62. The summed E-state index contributed by atoms with van der Waals surface area (Å²) in [5.41, 5.74) is 6.11. The number of aliphatic imine (C=N–C) groups is 1. The normalized spacial score (nSPS) is 12.4. The number of hydrogen-bond donors (Lipinski definition) is 0. The maximum Gasteiger partial charge on any atom is 0.160 e. The molecule has 0 unspecified atom stereocenters. The third kappa shape index (κ3) is 4.25. The van der Waals surface area contributed by atoms with Crippen molar-refractivity contribution in [3.8, 4) is 5.00 Å². The molecule has 4 heterocycles. The van der Waals surface area contributed by atoms with Crippen LogP contribution >= 0.6 is 11.3 Å². The van der Waals surface area contributed by atoms with Gasteiger partial charge in [-0.15, -0.1) is 21.5 Å². The molecule has 164 valence electrons. The Balaban J connectivity index is 0.000000300. The first kappa shape index (κ1) is 22.0. The Labute approximate surface area is 193 Å². The molecule has 1 aliphatic rings. The number of thiophene rings is 1. The number of aryl methyl sites for hydroxylation is 3. The summed E-state index contributed by atoms with van der Waals surface area (Å²) in [5, 5.41) is 9.78. The number of benzene rings is 1. The van der Waals surface area contributed by atoms with E-state index in [2.05, 4.69) is 76.7 Å². The molecule has 0 fully saturated rings. The van der Waals surface area contributed by atoms with Crippen LogP contribution in [0.2, 0.25) is 0 Å². The molecule has 6 nitrogen and oxygen atoms in total. The van der Waals surface area contributed by atoms with Crippen molar-refractivity contribution in [2.24, 2.45) is 4.99 Å². The SMILES string of the molecule is Cc1ncccn1.Cc1sc2c(c1C)C(c1ccc(C(C)C)cc1)=NCc1nnc(C)n1-2. The maximum atomic E-state index is 4.94. The summed E-state index contributed by atoms with van der Waals surface area (Å²) in [6, 6.07) is 10.6. The number of nitrogens with zero attached hydrogens (tertiary/aromatic N) is 6. The predicted octanol–water partition coefficient (Wildman–Crippen LogP) is 5.51. The van der Waals surface area contributed by atoms with Crippen molar-refractivity contribution in [1.29, 1.82) is 0 Å². The lowest BCUT2D eigenvalue weighted by Crippen LogP contribution is -2.07. The second kappa shape index (κ2) is 9.12. The Morgan fingerprint density at radius 1 is 0.938 bits per heavy atom. The topological polar surface area (TPSA) is 68.8 Å². The van der Waals surface area contributed by atoms with E-state index in [0.29, 0.717) is 12.5 Å². The molecule has 0 radical (unpaired) electrons. The predicted molar refractivity (Wildman–Crippen MR) is 130 cm³/mol. The van der Waals surface area contributed by atoms with Crippen molar-refractivity contribution in [2.75, 3.05) is 0 Å². The monoisotopic (exact) mass is 444 g/mol. The molecule has 3 aromatic heterocycles. The molecular formula is C25H28N6S. The van der Waals surface area contributed by atoms with Crippen molar-refractivity contribution in [1.82, 2.24) is 24.7 Å². The van der Waals surface area contributed by atoms with E-state index in [4.69, 9.17) is 4.99 Å². The highest BCUT2D eigenvalue weighted by Crippen LogP contribution is 2.36. The average Bonchev–Trinajstić information content (AvgIpc) is 3.23. The minimum absolute atomic E-state index is 0.532. The number of fused-ring (bicyclic) bond motifs is 3. The van der Waals surface area contributed by atoms with Crippen LogP contribution in [0.3, 0.4) is 0 Å². The summed E-state index contributed by atoms with van der Waals surface area (Å²) in [6.07, 6.45) is 3.45. The van der Waals surface area contributed by atoms with Crippen LogP contribution in [-0.2, 0) is 6.54 Å². The lowest BCUT2D eigenvalue weighted by Gasteiger charge is -2.11. The van der Waals surface area contributed by atoms with E-state index in [0.717, 1.165) is 23.2 Å². The van der Waals surface area contributed by atoms with Gasteiger partial charge in [0, 0.05) is 28.4 Å². The Morgan fingerprint density at radius 3 is 2.22 bits per heavy atom. The van der Waals surface area contributed by atoms with Crippen molar-refractivity contribution in [3.63, 3.8) is 0 Å². The molecule has 0 saturated carbocycles. The lowest BCUT2D eigenvalue weighted by molar-refractivity contribution is 0.866. The van der Waals surface area contributed by atoms with Gasteiger partial charge in [0.25, 0.3) is 0 Å². The van der Waals surface area contributed by atoms with Crippen LogP contribution in [0.25, 0.3) is 5.00 Å². The summed E-state index contributed by atoms with van der Waals surface area (Å²) >= 11 is 1.80. The molecule has 1 aromatic carbocycles. The van der Waals surface area contributed by atoms with Crippen LogP contribution in [0.5, 0.6) is 0 Å². The second-order valence-electron chi connectivity index (χ2n) is 8.20. The molecule has 32 heavy (non-hydrogen) atoms. The molecule has 0 saturated heterocycles. The van der Waals surface area contributed by atoms with Gasteiger partial charge in [0.2, 0.25) is 0 Å². The van der Waals surface area contributed by atoms with Gasteiger partial charge in [-0.1, -0.05) is 38.1 Å². The van der Waals surface area contributed by atoms with E-state index in [9.17, 15) is 0 Å². The quantitative estimate of drug-likeness (QED) is 0.409. The van der Waals surface area contributed by atoms with Gasteiger partial charge in [-0.25, -0.2) is 9.97 Å². The van der Waals surface area contributed by atoms with E-state index in [-0.39, 0.29) is 0 Å². The zero-order valence-electron chi connectivity index (χ0n) is 19.4. The van der Waals surface area contributed by atoms with Crippen molar-refractivity contribution in [2.45, 2.75) is 54.0 Å². The van der Waals surface area contributed by atoms with Gasteiger partial charge >= 0.3 is 0 Å². The highest BCUT2D eigenvalue weighted by molar-refractivity contribution is 7.15. The molecule has 0 aliphatic carbocycles. The molecule has 5 rings (SSSR count).